The Morgan fingerprint density at radius 2 is 1.95 bits per heavy atom. The second kappa shape index (κ2) is 11.8. The van der Waals surface area contributed by atoms with Gasteiger partial charge >= 0.3 is 0 Å². The van der Waals surface area contributed by atoms with Crippen molar-refractivity contribution in [2.45, 2.75) is 39.2 Å². The van der Waals surface area contributed by atoms with Gasteiger partial charge in [0.1, 0.15) is 5.02 Å². The second-order valence-electron chi connectivity index (χ2n) is 10.9. The molecule has 212 valence electrons. The van der Waals surface area contributed by atoms with Crippen LogP contribution in [0.3, 0.4) is 0 Å². The summed E-state index contributed by atoms with van der Waals surface area (Å²) in [4.78, 5) is 34.4. The number of carbonyl (C=O) groups excluding carboxylic acids is 1. The van der Waals surface area contributed by atoms with Gasteiger partial charge in [-0.25, -0.2) is 9.97 Å². The lowest BCUT2D eigenvalue weighted by Gasteiger charge is -2.33. The van der Waals surface area contributed by atoms with Crippen molar-refractivity contribution in [3.63, 3.8) is 0 Å². The molecule has 2 N–H and O–H groups in total. The molecule has 41 heavy (non-hydrogen) atoms. The standard InChI is InChI=1S/C30H33ClN8O2/c1-19-27(41-18-34-19)29(40)39-9-7-20(8-10-39)16-38(2)17-23-5-6-24-12-22(23)4-3-21-11-25(14-32-13-21)36-30-33-15-26(31)28(35-24)37-30/h5-6,11-15,18,20H,3-4,7-10,16-17H2,1-2H3,(H2,33,35,36,37). The van der Waals surface area contributed by atoms with Crippen molar-refractivity contribution in [1.82, 2.24) is 29.7 Å². The Labute approximate surface area is 244 Å². The first-order valence-corrected chi connectivity index (χ1v) is 14.3. The highest BCUT2D eigenvalue weighted by atomic mass is 35.5. The van der Waals surface area contributed by atoms with E-state index in [1.807, 2.05) is 11.1 Å². The molecule has 11 heteroatoms. The Balaban J connectivity index is 1.14. The molecule has 0 radical (unpaired) electrons. The molecule has 1 aromatic carbocycles. The van der Waals surface area contributed by atoms with Crippen molar-refractivity contribution in [3.8, 4) is 0 Å². The van der Waals surface area contributed by atoms with E-state index in [0.717, 1.165) is 68.8 Å². The Morgan fingerprint density at radius 3 is 2.76 bits per heavy atom. The van der Waals surface area contributed by atoms with E-state index in [4.69, 9.17) is 16.0 Å². The topological polar surface area (TPSA) is 112 Å². The van der Waals surface area contributed by atoms with Crippen LogP contribution in [-0.4, -0.2) is 62.3 Å². The summed E-state index contributed by atoms with van der Waals surface area (Å²) in [6, 6.07) is 8.55. The van der Waals surface area contributed by atoms with Gasteiger partial charge < -0.3 is 24.9 Å². The van der Waals surface area contributed by atoms with Gasteiger partial charge in [0.05, 0.1) is 23.8 Å². The predicted octanol–water partition coefficient (Wildman–Crippen LogP) is 5.39. The number of rotatable bonds is 5. The van der Waals surface area contributed by atoms with Gasteiger partial charge in [-0.2, -0.15) is 4.98 Å². The largest absolute Gasteiger partial charge is 0.438 e. The number of hydrogen-bond donors (Lipinski definition) is 2. The third-order valence-electron chi connectivity index (χ3n) is 7.80. The van der Waals surface area contributed by atoms with E-state index in [1.165, 1.54) is 17.5 Å². The van der Waals surface area contributed by atoms with Crippen LogP contribution in [-0.2, 0) is 19.4 Å². The van der Waals surface area contributed by atoms with Crippen LogP contribution >= 0.6 is 11.6 Å². The van der Waals surface area contributed by atoms with Gasteiger partial charge in [-0.1, -0.05) is 17.7 Å². The minimum Gasteiger partial charge on any atom is -0.438 e. The smallest absolute Gasteiger partial charge is 0.291 e. The lowest BCUT2D eigenvalue weighted by Crippen LogP contribution is -2.41. The number of halogens is 1. The van der Waals surface area contributed by atoms with E-state index in [2.05, 4.69) is 66.8 Å². The lowest BCUT2D eigenvalue weighted by molar-refractivity contribution is 0.0639. The number of aromatic nitrogens is 4. The maximum Gasteiger partial charge on any atom is 0.291 e. The van der Waals surface area contributed by atoms with E-state index < -0.39 is 0 Å². The number of anilines is 4. The van der Waals surface area contributed by atoms with E-state index >= 15 is 0 Å². The fraction of sp³-hybridized carbons (Fsp3) is 0.367. The van der Waals surface area contributed by atoms with Gasteiger partial charge in [0.15, 0.2) is 12.2 Å². The molecule has 2 aliphatic rings. The molecule has 3 aromatic heterocycles. The van der Waals surface area contributed by atoms with Gasteiger partial charge in [0.25, 0.3) is 5.91 Å². The van der Waals surface area contributed by atoms with Crippen LogP contribution in [0.4, 0.5) is 23.1 Å². The molecule has 0 saturated carbocycles. The second-order valence-corrected chi connectivity index (χ2v) is 11.3. The molecule has 6 rings (SSSR count). The predicted molar refractivity (Wildman–Crippen MR) is 158 cm³/mol. The first-order valence-electron chi connectivity index (χ1n) is 13.9. The molecule has 5 heterocycles. The number of piperidine rings is 1. The SMILES string of the molecule is Cc1ncoc1C(=O)N1CCC(CN(C)Cc2ccc3cc2CCc2cncc(c2)Nc2ncc(Cl)c(n2)N3)CC1. The van der Waals surface area contributed by atoms with E-state index in [9.17, 15) is 4.79 Å². The molecular weight excluding hydrogens is 540 g/mol. The summed E-state index contributed by atoms with van der Waals surface area (Å²) in [5.41, 5.74) is 6.12. The first kappa shape index (κ1) is 27.2. The summed E-state index contributed by atoms with van der Waals surface area (Å²) in [5, 5.41) is 7.06. The van der Waals surface area contributed by atoms with E-state index in [-0.39, 0.29) is 5.91 Å². The van der Waals surface area contributed by atoms with E-state index in [1.54, 1.807) is 19.3 Å². The van der Waals surface area contributed by atoms with Crippen molar-refractivity contribution < 1.29 is 9.21 Å². The third kappa shape index (κ3) is 6.34. The number of carbonyl (C=O) groups is 1. The number of nitrogens with one attached hydrogen (secondary N) is 2. The molecule has 10 nitrogen and oxygen atoms in total. The number of oxazole rings is 1. The van der Waals surface area contributed by atoms with Crippen LogP contribution in [0.25, 0.3) is 0 Å². The fourth-order valence-corrected chi connectivity index (χ4v) is 5.75. The Hall–Kier alpha value is -4.02. The average molecular weight is 573 g/mol. The van der Waals surface area contributed by atoms with Gasteiger partial charge in [-0.3, -0.25) is 9.78 Å². The van der Waals surface area contributed by atoms with Crippen LogP contribution < -0.4 is 10.6 Å². The van der Waals surface area contributed by atoms with Crippen molar-refractivity contribution in [2.24, 2.45) is 5.92 Å². The van der Waals surface area contributed by atoms with Crippen molar-refractivity contribution in [3.05, 3.63) is 82.4 Å². The normalized spacial score (nSPS) is 15.4. The van der Waals surface area contributed by atoms with Crippen LogP contribution in [0.1, 0.15) is 45.8 Å². The van der Waals surface area contributed by atoms with Crippen LogP contribution in [0.2, 0.25) is 5.02 Å². The highest BCUT2D eigenvalue weighted by molar-refractivity contribution is 6.32. The minimum absolute atomic E-state index is 0.0588. The molecule has 0 unspecified atom stereocenters. The number of likely N-dealkylation sites (tertiary alicyclic amines) is 1. The zero-order valence-corrected chi connectivity index (χ0v) is 24.0. The molecule has 1 fully saturated rings. The van der Waals surface area contributed by atoms with Crippen LogP contribution in [0.5, 0.6) is 0 Å². The van der Waals surface area contributed by atoms with Gasteiger partial charge in [0, 0.05) is 38.1 Å². The monoisotopic (exact) mass is 572 g/mol. The molecule has 6 bridgehead atoms. The number of pyridine rings is 1. The molecule has 1 amide bonds. The number of amides is 1. The summed E-state index contributed by atoms with van der Waals surface area (Å²) in [6.07, 6.45) is 10.3. The van der Waals surface area contributed by atoms with Gasteiger partial charge in [0.2, 0.25) is 11.7 Å². The van der Waals surface area contributed by atoms with Crippen molar-refractivity contribution in [2.75, 3.05) is 37.3 Å². The minimum atomic E-state index is -0.0588. The van der Waals surface area contributed by atoms with Crippen molar-refractivity contribution in [1.29, 1.82) is 0 Å². The number of hydrogen-bond acceptors (Lipinski definition) is 9. The summed E-state index contributed by atoms with van der Waals surface area (Å²) < 4.78 is 5.32. The quantitative estimate of drug-likeness (QED) is 0.325. The number of fused-ring (bicyclic) bond motifs is 6. The zero-order chi connectivity index (χ0) is 28.3. The molecular formula is C30H33ClN8O2. The molecule has 2 aliphatic heterocycles. The number of benzene rings is 1. The average Bonchev–Trinajstić information content (AvgIpc) is 3.40. The molecule has 0 aliphatic carbocycles. The van der Waals surface area contributed by atoms with Crippen molar-refractivity contribution >= 4 is 40.6 Å². The molecule has 0 atom stereocenters. The maximum absolute atomic E-state index is 12.8. The zero-order valence-electron chi connectivity index (χ0n) is 23.2. The first-order chi connectivity index (χ1) is 19.9. The molecule has 0 spiro atoms. The van der Waals surface area contributed by atoms with Gasteiger partial charge in [-0.15, -0.1) is 0 Å². The highest BCUT2D eigenvalue weighted by Gasteiger charge is 2.27. The maximum atomic E-state index is 12.8. The molecule has 4 aromatic rings. The lowest BCUT2D eigenvalue weighted by atomic mass is 9.95. The van der Waals surface area contributed by atoms with Gasteiger partial charge in [-0.05, 0) is 80.5 Å². The highest BCUT2D eigenvalue weighted by Crippen LogP contribution is 2.29. The van der Waals surface area contributed by atoms with Crippen LogP contribution in [0.15, 0.2) is 53.7 Å². The Kier molecular flexibility index (Phi) is 7.84. The fourth-order valence-electron chi connectivity index (χ4n) is 5.61. The Bertz CT molecular complexity index is 1550. The molecule has 1 saturated heterocycles. The Morgan fingerprint density at radius 1 is 1.10 bits per heavy atom. The van der Waals surface area contributed by atoms with Crippen LogP contribution in [0, 0.1) is 12.8 Å². The summed E-state index contributed by atoms with van der Waals surface area (Å²) in [6.45, 7) is 5.08. The van der Waals surface area contributed by atoms with E-state index in [0.29, 0.717) is 34.2 Å². The summed E-state index contributed by atoms with van der Waals surface area (Å²) in [7, 11) is 2.18. The number of nitrogens with zero attached hydrogens (tertiary/aromatic N) is 6. The number of aryl methyl sites for hydroxylation is 3. The third-order valence-corrected chi connectivity index (χ3v) is 8.08. The summed E-state index contributed by atoms with van der Waals surface area (Å²) >= 11 is 6.42. The summed E-state index contributed by atoms with van der Waals surface area (Å²) in [5.74, 6) is 1.83.